The third-order valence-electron chi connectivity index (χ3n) is 5.78. The number of likely N-dealkylation sites (tertiary alicyclic amines) is 1. The molecule has 0 saturated carbocycles. The van der Waals surface area contributed by atoms with Crippen LogP contribution < -0.4 is 10.2 Å². The molecule has 1 aromatic heterocycles. The van der Waals surface area contributed by atoms with Gasteiger partial charge in [-0.05, 0) is 25.8 Å². The minimum atomic E-state index is -1.28. The summed E-state index contributed by atoms with van der Waals surface area (Å²) in [4.78, 5) is 49.6. The summed E-state index contributed by atoms with van der Waals surface area (Å²) >= 11 is 1.11. The van der Waals surface area contributed by atoms with Crippen molar-refractivity contribution >= 4 is 40.2 Å². The van der Waals surface area contributed by atoms with Crippen molar-refractivity contribution in [2.24, 2.45) is 22.7 Å². The van der Waals surface area contributed by atoms with Gasteiger partial charge in [0.15, 0.2) is 5.78 Å². The predicted molar refractivity (Wildman–Crippen MR) is 121 cm³/mol. The first-order valence-electron chi connectivity index (χ1n) is 10.8. The molecule has 33 heavy (non-hydrogen) atoms. The van der Waals surface area contributed by atoms with Crippen LogP contribution in [0.3, 0.4) is 0 Å². The summed E-state index contributed by atoms with van der Waals surface area (Å²) in [5.74, 6) is -1.29. The highest BCUT2D eigenvalue weighted by molar-refractivity contribution is 7.10. The molecular weight excluding hydrogens is 448 g/mol. The Morgan fingerprint density at radius 3 is 2.76 bits per heavy atom. The van der Waals surface area contributed by atoms with Crippen LogP contribution in [0.1, 0.15) is 19.7 Å². The van der Waals surface area contributed by atoms with E-state index in [1.807, 2.05) is 24.8 Å². The lowest BCUT2D eigenvalue weighted by molar-refractivity contribution is -0.135. The molecule has 4 rings (SSSR count). The lowest BCUT2D eigenvalue weighted by Gasteiger charge is -2.43. The van der Waals surface area contributed by atoms with Crippen LogP contribution in [0.15, 0.2) is 28.7 Å². The minimum absolute atomic E-state index is 0.0196. The second-order valence-electron chi connectivity index (χ2n) is 8.13. The van der Waals surface area contributed by atoms with Crippen LogP contribution in [0.4, 0.5) is 5.13 Å². The molecule has 1 aromatic rings. The second kappa shape index (κ2) is 9.40. The zero-order chi connectivity index (χ0) is 23.7. The van der Waals surface area contributed by atoms with Gasteiger partial charge in [0.25, 0.3) is 0 Å². The highest BCUT2D eigenvalue weighted by Crippen LogP contribution is 2.37. The Labute approximate surface area is 195 Å². The standard InChI is InChI=1S/C21H26N6O5S/c1-4-32-6-5-22-19(29)13-8-26(9-13)15-7-11(2)16-17(28)14(20(30)31)10-27(18(16)24-15)21-23-12(3)25-33-21/h7,10-11,13,16H,4-6,8-9H2,1-3H3,(H,22,29)(H,30,31). The van der Waals surface area contributed by atoms with E-state index < -0.39 is 17.7 Å². The van der Waals surface area contributed by atoms with Crippen LogP contribution in [0.5, 0.6) is 0 Å². The van der Waals surface area contributed by atoms with Gasteiger partial charge in [-0.1, -0.05) is 6.92 Å². The Balaban J connectivity index is 1.53. The normalized spacial score (nSPS) is 22.8. The zero-order valence-electron chi connectivity index (χ0n) is 18.6. The number of ether oxygens (including phenoxy) is 1. The molecule has 176 valence electrons. The number of carboxylic acid groups (broad SMARTS) is 1. The molecule has 0 bridgehead atoms. The Hall–Kier alpha value is -3.12. The van der Waals surface area contributed by atoms with E-state index >= 15 is 0 Å². The highest BCUT2D eigenvalue weighted by atomic mass is 32.1. The van der Waals surface area contributed by atoms with E-state index in [-0.39, 0.29) is 23.3 Å². The number of rotatable bonds is 8. The Morgan fingerprint density at radius 2 is 2.12 bits per heavy atom. The number of anilines is 1. The molecule has 0 aliphatic carbocycles. The van der Waals surface area contributed by atoms with E-state index in [1.54, 1.807) is 11.8 Å². The Kier molecular flexibility index (Phi) is 6.56. The van der Waals surface area contributed by atoms with Crippen molar-refractivity contribution in [1.29, 1.82) is 0 Å². The molecule has 0 aromatic carbocycles. The minimum Gasteiger partial charge on any atom is -0.478 e. The number of amidine groups is 1. The van der Waals surface area contributed by atoms with Crippen LogP contribution in [-0.2, 0) is 19.1 Å². The lowest BCUT2D eigenvalue weighted by atomic mass is 9.81. The van der Waals surface area contributed by atoms with E-state index in [0.29, 0.717) is 55.5 Å². The van der Waals surface area contributed by atoms with Crippen molar-refractivity contribution in [3.63, 3.8) is 0 Å². The van der Waals surface area contributed by atoms with Gasteiger partial charge in [0, 0.05) is 44.0 Å². The third kappa shape index (κ3) is 4.53. The molecule has 3 aliphatic heterocycles. The maximum atomic E-state index is 12.9. The fourth-order valence-corrected chi connectivity index (χ4v) is 4.68. The number of hydrogen-bond donors (Lipinski definition) is 2. The number of Topliss-reactive ketones (excluding diaryl/α,β-unsaturated/α-hetero) is 1. The SMILES string of the molecule is CCOCCNC(=O)C1CN(C2=CC(C)C3C(=O)C(C(=O)O)=CN(c4nc(C)ns4)C3=N2)C1. The number of amides is 1. The number of fused-ring (bicyclic) bond motifs is 1. The van der Waals surface area contributed by atoms with Crippen molar-refractivity contribution in [2.45, 2.75) is 20.8 Å². The molecular formula is C21H26N6O5S. The van der Waals surface area contributed by atoms with E-state index in [0.717, 1.165) is 11.5 Å². The van der Waals surface area contributed by atoms with Gasteiger partial charge in [-0.15, -0.1) is 0 Å². The van der Waals surface area contributed by atoms with Gasteiger partial charge < -0.3 is 20.1 Å². The smallest absolute Gasteiger partial charge is 0.340 e. The van der Waals surface area contributed by atoms with Crippen LogP contribution in [0.25, 0.3) is 0 Å². The van der Waals surface area contributed by atoms with Gasteiger partial charge in [0.05, 0.1) is 18.4 Å². The van der Waals surface area contributed by atoms with Crippen molar-refractivity contribution in [1.82, 2.24) is 19.6 Å². The quantitative estimate of drug-likeness (QED) is 0.414. The monoisotopic (exact) mass is 474 g/mol. The fraction of sp³-hybridized carbons (Fsp3) is 0.524. The number of carbonyl (C=O) groups excluding carboxylic acids is 2. The number of allylic oxidation sites excluding steroid dienone is 1. The number of aliphatic carboxylic acids is 1. The number of nitrogens with one attached hydrogen (secondary N) is 1. The summed E-state index contributed by atoms with van der Waals surface area (Å²) in [5.41, 5.74) is -0.303. The summed E-state index contributed by atoms with van der Waals surface area (Å²) in [6.07, 6.45) is 3.14. The molecule has 3 aliphatic rings. The molecule has 0 spiro atoms. The average Bonchev–Trinajstić information content (AvgIpc) is 3.16. The van der Waals surface area contributed by atoms with Crippen LogP contribution in [-0.4, -0.2) is 75.7 Å². The first-order chi connectivity index (χ1) is 15.8. The number of aromatic nitrogens is 2. The number of hydrogen-bond acceptors (Lipinski definition) is 10. The zero-order valence-corrected chi connectivity index (χ0v) is 19.5. The summed E-state index contributed by atoms with van der Waals surface area (Å²) < 4.78 is 9.42. The van der Waals surface area contributed by atoms with Crippen molar-refractivity contribution in [3.05, 3.63) is 29.5 Å². The molecule has 4 heterocycles. The van der Waals surface area contributed by atoms with E-state index in [9.17, 15) is 19.5 Å². The van der Waals surface area contributed by atoms with Gasteiger partial charge in [-0.3, -0.25) is 14.5 Å². The molecule has 2 atom stereocenters. The van der Waals surface area contributed by atoms with Gasteiger partial charge in [0.2, 0.25) is 11.0 Å². The number of carbonyl (C=O) groups is 3. The maximum Gasteiger partial charge on any atom is 0.340 e. The number of aryl methyl sites for hydroxylation is 1. The largest absolute Gasteiger partial charge is 0.478 e. The predicted octanol–water partition coefficient (Wildman–Crippen LogP) is 0.794. The topological polar surface area (TPSA) is 137 Å². The molecule has 1 amide bonds. The van der Waals surface area contributed by atoms with Gasteiger partial charge in [-0.25, -0.2) is 14.8 Å². The molecule has 2 unspecified atom stereocenters. The van der Waals surface area contributed by atoms with Crippen molar-refractivity contribution in [2.75, 3.05) is 37.7 Å². The summed E-state index contributed by atoms with van der Waals surface area (Å²) in [6.45, 7) is 8.11. The lowest BCUT2D eigenvalue weighted by Crippen LogP contribution is -2.54. The van der Waals surface area contributed by atoms with Gasteiger partial charge >= 0.3 is 5.97 Å². The average molecular weight is 475 g/mol. The first kappa shape index (κ1) is 23.1. The summed E-state index contributed by atoms with van der Waals surface area (Å²) in [5, 5.41) is 12.9. The fourth-order valence-electron chi connectivity index (χ4n) is 4.02. The molecule has 1 fully saturated rings. The third-order valence-corrected chi connectivity index (χ3v) is 6.58. The van der Waals surface area contributed by atoms with Crippen molar-refractivity contribution < 1.29 is 24.2 Å². The first-order valence-corrected chi connectivity index (χ1v) is 11.6. The summed E-state index contributed by atoms with van der Waals surface area (Å²) in [6, 6.07) is 0. The molecule has 12 heteroatoms. The number of aliphatic imine (C=N–C) groups is 1. The van der Waals surface area contributed by atoms with Crippen LogP contribution in [0, 0.1) is 24.7 Å². The molecule has 0 radical (unpaired) electrons. The molecule has 2 N–H and O–H groups in total. The maximum absolute atomic E-state index is 12.9. The van der Waals surface area contributed by atoms with Crippen molar-refractivity contribution in [3.8, 4) is 0 Å². The number of ketones is 1. The van der Waals surface area contributed by atoms with E-state index in [1.165, 1.54) is 6.20 Å². The number of carboxylic acids is 1. The van der Waals surface area contributed by atoms with Crippen LogP contribution in [0.2, 0.25) is 0 Å². The molecule has 1 saturated heterocycles. The van der Waals surface area contributed by atoms with Gasteiger partial charge in [0.1, 0.15) is 23.1 Å². The Morgan fingerprint density at radius 1 is 1.36 bits per heavy atom. The second-order valence-corrected chi connectivity index (χ2v) is 8.86. The summed E-state index contributed by atoms with van der Waals surface area (Å²) in [7, 11) is 0. The highest BCUT2D eigenvalue weighted by Gasteiger charge is 2.45. The molecule has 11 nitrogen and oxygen atoms in total. The Bertz CT molecular complexity index is 1060. The van der Waals surface area contributed by atoms with E-state index in [4.69, 9.17) is 9.73 Å². The van der Waals surface area contributed by atoms with Gasteiger partial charge in [-0.2, -0.15) is 4.37 Å². The van der Waals surface area contributed by atoms with Crippen LogP contribution >= 0.6 is 11.5 Å². The van der Waals surface area contributed by atoms with E-state index in [2.05, 4.69) is 14.7 Å². The number of nitrogens with zero attached hydrogens (tertiary/aromatic N) is 5.